The smallest absolute Gasteiger partial charge is 0.0405 e. The molecule has 1 saturated carbocycles. The van der Waals surface area contributed by atoms with E-state index in [1.165, 1.54) is 47.2 Å². The van der Waals surface area contributed by atoms with Gasteiger partial charge in [-0.2, -0.15) is 0 Å². The molecule has 2 aromatic rings. The fourth-order valence-corrected chi connectivity index (χ4v) is 5.06. The van der Waals surface area contributed by atoms with Crippen molar-refractivity contribution in [3.63, 3.8) is 0 Å². The molecule has 0 aliphatic heterocycles. The van der Waals surface area contributed by atoms with Gasteiger partial charge < -0.3 is 11.1 Å². The van der Waals surface area contributed by atoms with Gasteiger partial charge in [-0.3, -0.25) is 0 Å². The molecule has 0 radical (unpaired) electrons. The Labute approximate surface area is 145 Å². The van der Waals surface area contributed by atoms with E-state index in [0.29, 0.717) is 11.5 Å². The summed E-state index contributed by atoms with van der Waals surface area (Å²) in [6.45, 7) is 7.18. The standard InChI is InChI=1S/C22H28N2/c1-14-8-17(13-22(2,3)12-14)24-21-11-16(23)10-19-18-7-5-4-6-15(18)9-20(19)21/h4-7,10-11,14,17,24H,8-9,12-13,23H2,1-3H3. The van der Waals surface area contributed by atoms with Crippen molar-refractivity contribution < 1.29 is 0 Å². The number of hydrogen-bond donors (Lipinski definition) is 2. The van der Waals surface area contributed by atoms with E-state index < -0.39 is 0 Å². The molecule has 2 unspecified atom stereocenters. The second-order valence-electron chi connectivity index (χ2n) is 8.68. The summed E-state index contributed by atoms with van der Waals surface area (Å²) in [4.78, 5) is 0. The predicted octanol–water partition coefficient (Wildman–Crippen LogP) is 5.47. The van der Waals surface area contributed by atoms with Crippen molar-refractivity contribution in [2.24, 2.45) is 11.3 Å². The quantitative estimate of drug-likeness (QED) is 0.615. The minimum absolute atomic E-state index is 0.418. The van der Waals surface area contributed by atoms with Crippen molar-refractivity contribution in [2.45, 2.75) is 52.5 Å². The summed E-state index contributed by atoms with van der Waals surface area (Å²) in [7, 11) is 0. The Morgan fingerprint density at radius 1 is 1.08 bits per heavy atom. The van der Waals surface area contributed by atoms with Gasteiger partial charge >= 0.3 is 0 Å². The highest BCUT2D eigenvalue weighted by Gasteiger charge is 2.32. The minimum Gasteiger partial charge on any atom is -0.399 e. The summed E-state index contributed by atoms with van der Waals surface area (Å²) >= 11 is 0. The summed E-state index contributed by atoms with van der Waals surface area (Å²) < 4.78 is 0. The Kier molecular flexibility index (Phi) is 3.59. The molecule has 2 aliphatic rings. The zero-order valence-electron chi connectivity index (χ0n) is 15.0. The van der Waals surface area contributed by atoms with Crippen molar-refractivity contribution in [1.82, 2.24) is 0 Å². The van der Waals surface area contributed by atoms with E-state index in [1.54, 1.807) is 0 Å². The summed E-state index contributed by atoms with van der Waals surface area (Å²) in [5.41, 5.74) is 14.3. The lowest BCUT2D eigenvalue weighted by molar-refractivity contribution is 0.178. The third kappa shape index (κ3) is 2.79. The number of hydrogen-bond acceptors (Lipinski definition) is 2. The van der Waals surface area contributed by atoms with E-state index in [0.717, 1.165) is 18.0 Å². The molecule has 2 atom stereocenters. The van der Waals surface area contributed by atoms with Gasteiger partial charge in [-0.15, -0.1) is 0 Å². The SMILES string of the molecule is CC1CC(Nc2cc(N)cc3c2Cc2ccccc2-3)CC(C)(C)C1. The minimum atomic E-state index is 0.418. The lowest BCUT2D eigenvalue weighted by Crippen LogP contribution is -2.35. The first-order valence-corrected chi connectivity index (χ1v) is 9.18. The highest BCUT2D eigenvalue weighted by Crippen LogP contribution is 2.44. The van der Waals surface area contributed by atoms with Gasteiger partial charge in [0.05, 0.1) is 0 Å². The van der Waals surface area contributed by atoms with E-state index in [4.69, 9.17) is 5.73 Å². The Hall–Kier alpha value is -1.96. The highest BCUT2D eigenvalue weighted by molar-refractivity contribution is 5.85. The maximum absolute atomic E-state index is 6.23. The zero-order chi connectivity index (χ0) is 16.9. The summed E-state index contributed by atoms with van der Waals surface area (Å²) in [5, 5.41) is 3.86. The van der Waals surface area contributed by atoms with Crippen LogP contribution in [0.5, 0.6) is 0 Å². The Morgan fingerprint density at radius 2 is 1.88 bits per heavy atom. The van der Waals surface area contributed by atoms with Gasteiger partial charge in [-0.05, 0) is 65.0 Å². The van der Waals surface area contributed by atoms with E-state index in [2.05, 4.69) is 62.5 Å². The van der Waals surface area contributed by atoms with Crippen LogP contribution in [0.25, 0.3) is 11.1 Å². The molecule has 0 aromatic heterocycles. The maximum atomic E-state index is 6.23. The number of nitrogen functional groups attached to an aromatic ring is 1. The molecular formula is C22H28N2. The number of nitrogens with one attached hydrogen (secondary N) is 1. The third-order valence-corrected chi connectivity index (χ3v) is 5.69. The van der Waals surface area contributed by atoms with Gasteiger partial charge in [0.1, 0.15) is 0 Å². The van der Waals surface area contributed by atoms with E-state index in [-0.39, 0.29) is 0 Å². The van der Waals surface area contributed by atoms with Gasteiger partial charge in [0.2, 0.25) is 0 Å². The molecule has 0 spiro atoms. The molecule has 2 nitrogen and oxygen atoms in total. The van der Waals surface area contributed by atoms with Gasteiger partial charge in [-0.1, -0.05) is 45.0 Å². The van der Waals surface area contributed by atoms with Gasteiger partial charge in [-0.25, -0.2) is 0 Å². The molecule has 126 valence electrons. The normalized spacial score (nSPS) is 24.3. The molecule has 24 heavy (non-hydrogen) atoms. The number of anilines is 2. The first kappa shape index (κ1) is 15.6. The molecule has 3 N–H and O–H groups in total. The van der Waals surface area contributed by atoms with Crippen LogP contribution in [-0.4, -0.2) is 6.04 Å². The lowest BCUT2D eigenvalue weighted by atomic mass is 9.70. The van der Waals surface area contributed by atoms with Crippen molar-refractivity contribution in [2.75, 3.05) is 11.1 Å². The molecule has 0 heterocycles. The van der Waals surface area contributed by atoms with Gasteiger partial charge in [0.15, 0.2) is 0 Å². The van der Waals surface area contributed by atoms with Crippen LogP contribution in [0.1, 0.15) is 51.2 Å². The molecule has 0 amide bonds. The van der Waals surface area contributed by atoms with Crippen LogP contribution < -0.4 is 11.1 Å². The number of nitrogens with two attached hydrogens (primary N) is 1. The van der Waals surface area contributed by atoms with Crippen molar-refractivity contribution in [1.29, 1.82) is 0 Å². The predicted molar refractivity (Wildman–Crippen MR) is 103 cm³/mol. The first-order valence-electron chi connectivity index (χ1n) is 9.18. The van der Waals surface area contributed by atoms with Gasteiger partial charge in [0.25, 0.3) is 0 Å². The third-order valence-electron chi connectivity index (χ3n) is 5.69. The fourth-order valence-electron chi connectivity index (χ4n) is 5.06. The molecule has 2 aliphatic carbocycles. The zero-order valence-corrected chi connectivity index (χ0v) is 15.0. The van der Waals surface area contributed by atoms with Crippen LogP contribution in [0.3, 0.4) is 0 Å². The average Bonchev–Trinajstić information content (AvgIpc) is 2.84. The molecule has 1 fully saturated rings. The van der Waals surface area contributed by atoms with Crippen LogP contribution in [0.15, 0.2) is 36.4 Å². The summed E-state index contributed by atoms with van der Waals surface area (Å²) in [5.74, 6) is 0.776. The highest BCUT2D eigenvalue weighted by atomic mass is 14.9. The Bertz CT molecular complexity index is 776. The molecule has 0 bridgehead atoms. The topological polar surface area (TPSA) is 38.0 Å². The summed E-state index contributed by atoms with van der Waals surface area (Å²) in [6.07, 6.45) is 4.82. The number of fused-ring (bicyclic) bond motifs is 3. The van der Waals surface area contributed by atoms with Crippen LogP contribution in [0, 0.1) is 11.3 Å². The van der Waals surface area contributed by atoms with Crippen LogP contribution in [-0.2, 0) is 6.42 Å². The Balaban J connectivity index is 1.67. The maximum Gasteiger partial charge on any atom is 0.0405 e. The van der Waals surface area contributed by atoms with E-state index in [9.17, 15) is 0 Å². The molecule has 2 heteroatoms. The molecule has 4 rings (SSSR count). The van der Waals surface area contributed by atoms with E-state index >= 15 is 0 Å². The Morgan fingerprint density at radius 3 is 2.67 bits per heavy atom. The van der Waals surface area contributed by atoms with E-state index in [1.807, 2.05) is 0 Å². The van der Waals surface area contributed by atoms with Crippen LogP contribution >= 0.6 is 0 Å². The van der Waals surface area contributed by atoms with Crippen LogP contribution in [0.2, 0.25) is 0 Å². The van der Waals surface area contributed by atoms with Crippen molar-refractivity contribution >= 4 is 11.4 Å². The van der Waals surface area contributed by atoms with Crippen molar-refractivity contribution in [3.05, 3.63) is 47.5 Å². The second-order valence-corrected chi connectivity index (χ2v) is 8.68. The lowest BCUT2D eigenvalue weighted by Gasteiger charge is -2.40. The molecule has 2 aromatic carbocycles. The van der Waals surface area contributed by atoms with Crippen LogP contribution in [0.4, 0.5) is 11.4 Å². The first-order chi connectivity index (χ1) is 11.4. The number of rotatable bonds is 2. The largest absolute Gasteiger partial charge is 0.399 e. The summed E-state index contributed by atoms with van der Waals surface area (Å²) in [6, 6.07) is 13.5. The average molecular weight is 320 g/mol. The van der Waals surface area contributed by atoms with Gasteiger partial charge in [0, 0.05) is 23.8 Å². The molecule has 0 saturated heterocycles. The monoisotopic (exact) mass is 320 g/mol. The fraction of sp³-hybridized carbons (Fsp3) is 0.455. The second kappa shape index (κ2) is 5.54. The molecular weight excluding hydrogens is 292 g/mol. The number of benzene rings is 2. The van der Waals surface area contributed by atoms with Crippen molar-refractivity contribution in [3.8, 4) is 11.1 Å².